The molecular weight excluding hydrogens is 202 g/mol. The summed E-state index contributed by atoms with van der Waals surface area (Å²) in [6.07, 6.45) is 7.07. The first-order valence-electron chi connectivity index (χ1n) is 4.26. The van der Waals surface area contributed by atoms with Gasteiger partial charge in [0.25, 0.3) is 10.0 Å². The van der Waals surface area contributed by atoms with E-state index in [1.807, 2.05) is 19.1 Å². The predicted molar refractivity (Wildman–Crippen MR) is 53.2 cm³/mol. The van der Waals surface area contributed by atoms with E-state index in [9.17, 15) is 8.42 Å². The van der Waals surface area contributed by atoms with E-state index in [-0.39, 0.29) is 5.03 Å². The van der Waals surface area contributed by atoms with Gasteiger partial charge in [0.2, 0.25) is 0 Å². The zero-order valence-corrected chi connectivity index (χ0v) is 8.71. The van der Waals surface area contributed by atoms with Gasteiger partial charge in [0, 0.05) is 6.54 Å². The second-order valence-electron chi connectivity index (χ2n) is 2.67. The van der Waals surface area contributed by atoms with Crippen LogP contribution < -0.4 is 4.72 Å². The summed E-state index contributed by atoms with van der Waals surface area (Å²) in [6, 6.07) is 0. The van der Waals surface area contributed by atoms with Crippen LogP contribution in [0.15, 0.2) is 29.7 Å². The maximum Gasteiger partial charge on any atom is 0.257 e. The molecule has 0 amide bonds. The van der Waals surface area contributed by atoms with E-state index in [2.05, 4.69) is 14.7 Å². The molecule has 0 aliphatic carbocycles. The summed E-state index contributed by atoms with van der Waals surface area (Å²) in [5.74, 6) is 0. The van der Waals surface area contributed by atoms with E-state index < -0.39 is 10.0 Å². The fraction of sp³-hybridized carbons (Fsp3) is 0.375. The molecule has 0 aromatic carbocycles. The summed E-state index contributed by atoms with van der Waals surface area (Å²) >= 11 is 0. The summed E-state index contributed by atoms with van der Waals surface area (Å²) in [7, 11) is -3.40. The maximum absolute atomic E-state index is 11.4. The van der Waals surface area contributed by atoms with Gasteiger partial charge in [-0.05, 0) is 13.3 Å². The number of sulfonamides is 1. The molecule has 0 unspecified atom stereocenters. The van der Waals surface area contributed by atoms with E-state index in [4.69, 9.17) is 0 Å². The Hall–Kier alpha value is -1.14. The van der Waals surface area contributed by atoms with E-state index in [1.165, 1.54) is 12.5 Å². The predicted octanol–water partition coefficient (Wildman–Crippen LogP) is 0.654. The van der Waals surface area contributed by atoms with Crippen LogP contribution in [0.4, 0.5) is 0 Å². The number of hydrogen-bond donors (Lipinski definition) is 2. The smallest absolute Gasteiger partial charge is 0.257 e. The molecule has 0 radical (unpaired) electrons. The number of H-pyrrole nitrogens is 1. The van der Waals surface area contributed by atoms with Gasteiger partial charge in [-0.3, -0.25) is 0 Å². The van der Waals surface area contributed by atoms with Crippen molar-refractivity contribution in [3.05, 3.63) is 24.7 Å². The van der Waals surface area contributed by atoms with Crippen LogP contribution in [0.1, 0.15) is 13.3 Å². The molecule has 78 valence electrons. The fourth-order valence-corrected chi connectivity index (χ4v) is 1.86. The third kappa shape index (κ3) is 2.97. The Morgan fingerprint density at radius 1 is 1.64 bits per heavy atom. The zero-order valence-electron chi connectivity index (χ0n) is 7.90. The third-order valence-corrected chi connectivity index (χ3v) is 2.99. The molecule has 1 aromatic heterocycles. The molecule has 6 heteroatoms. The van der Waals surface area contributed by atoms with Gasteiger partial charge in [-0.2, -0.15) is 0 Å². The van der Waals surface area contributed by atoms with Crippen molar-refractivity contribution in [3.8, 4) is 0 Å². The van der Waals surface area contributed by atoms with Crippen molar-refractivity contribution >= 4 is 10.0 Å². The van der Waals surface area contributed by atoms with Crippen LogP contribution in [0, 0.1) is 0 Å². The molecule has 14 heavy (non-hydrogen) atoms. The first-order valence-corrected chi connectivity index (χ1v) is 5.74. The van der Waals surface area contributed by atoms with Crippen LogP contribution in [0.25, 0.3) is 0 Å². The van der Waals surface area contributed by atoms with Gasteiger partial charge in [0.1, 0.15) is 0 Å². The van der Waals surface area contributed by atoms with E-state index in [0.29, 0.717) is 13.0 Å². The summed E-state index contributed by atoms with van der Waals surface area (Å²) in [6.45, 7) is 2.29. The van der Waals surface area contributed by atoms with Gasteiger partial charge < -0.3 is 4.98 Å². The minimum Gasteiger partial charge on any atom is -0.335 e. The Labute approximate surface area is 83.3 Å². The quantitative estimate of drug-likeness (QED) is 0.559. The Morgan fingerprint density at radius 3 is 3.00 bits per heavy atom. The van der Waals surface area contributed by atoms with Crippen LogP contribution in [0.3, 0.4) is 0 Å². The molecule has 0 saturated heterocycles. The number of aromatic nitrogens is 2. The van der Waals surface area contributed by atoms with Crippen molar-refractivity contribution < 1.29 is 8.42 Å². The topological polar surface area (TPSA) is 74.8 Å². The van der Waals surface area contributed by atoms with Crippen LogP contribution in [0.5, 0.6) is 0 Å². The molecule has 2 N–H and O–H groups in total. The van der Waals surface area contributed by atoms with Gasteiger partial charge in [-0.25, -0.2) is 18.1 Å². The van der Waals surface area contributed by atoms with Crippen molar-refractivity contribution in [3.63, 3.8) is 0 Å². The zero-order chi connectivity index (χ0) is 10.4. The number of nitrogens with zero attached hydrogens (tertiary/aromatic N) is 1. The second-order valence-corrected chi connectivity index (χ2v) is 4.41. The molecule has 1 heterocycles. The number of rotatable bonds is 5. The molecule has 1 aromatic rings. The first kappa shape index (κ1) is 10.9. The largest absolute Gasteiger partial charge is 0.335 e. The number of aromatic amines is 1. The SMILES string of the molecule is C/C=C/CCNS(=O)(=O)c1cnc[nH]1. The average Bonchev–Trinajstić information content (AvgIpc) is 2.65. The van der Waals surface area contributed by atoms with Crippen molar-refractivity contribution in [1.29, 1.82) is 0 Å². The lowest BCUT2D eigenvalue weighted by atomic mass is 10.4. The van der Waals surface area contributed by atoms with Crippen molar-refractivity contribution in [2.45, 2.75) is 18.4 Å². The van der Waals surface area contributed by atoms with Crippen LogP contribution in [0.2, 0.25) is 0 Å². The Kier molecular flexibility index (Phi) is 3.84. The lowest BCUT2D eigenvalue weighted by molar-refractivity contribution is 0.579. The number of hydrogen-bond acceptors (Lipinski definition) is 3. The number of imidazole rings is 1. The number of allylic oxidation sites excluding steroid dienone is 1. The highest BCUT2D eigenvalue weighted by molar-refractivity contribution is 7.89. The normalized spacial score (nSPS) is 12.4. The van der Waals surface area contributed by atoms with Crippen LogP contribution >= 0.6 is 0 Å². The van der Waals surface area contributed by atoms with E-state index in [1.54, 1.807) is 0 Å². The van der Waals surface area contributed by atoms with E-state index >= 15 is 0 Å². The van der Waals surface area contributed by atoms with Crippen LogP contribution in [-0.2, 0) is 10.0 Å². The minimum atomic E-state index is -3.40. The second kappa shape index (κ2) is 4.92. The van der Waals surface area contributed by atoms with Gasteiger partial charge in [0.15, 0.2) is 5.03 Å². The summed E-state index contributed by atoms with van der Waals surface area (Å²) < 4.78 is 25.3. The summed E-state index contributed by atoms with van der Waals surface area (Å²) in [5, 5.41) is 0.0954. The monoisotopic (exact) mass is 215 g/mol. The lowest BCUT2D eigenvalue weighted by Gasteiger charge is -2.01. The third-order valence-electron chi connectivity index (χ3n) is 1.60. The Bertz CT molecular complexity index is 381. The van der Waals surface area contributed by atoms with Crippen molar-refractivity contribution in [2.24, 2.45) is 0 Å². The Balaban J connectivity index is 2.52. The van der Waals surface area contributed by atoms with Crippen LogP contribution in [-0.4, -0.2) is 24.9 Å². The van der Waals surface area contributed by atoms with Gasteiger partial charge >= 0.3 is 0 Å². The molecule has 0 aliphatic rings. The van der Waals surface area contributed by atoms with Crippen molar-refractivity contribution in [2.75, 3.05) is 6.54 Å². The molecule has 5 nitrogen and oxygen atoms in total. The molecular formula is C8H13N3O2S. The van der Waals surface area contributed by atoms with Crippen molar-refractivity contribution in [1.82, 2.24) is 14.7 Å². The minimum absolute atomic E-state index is 0.0954. The molecule has 0 atom stereocenters. The van der Waals surface area contributed by atoms with Gasteiger partial charge in [0.05, 0.1) is 12.5 Å². The molecule has 0 aliphatic heterocycles. The molecule has 1 rings (SSSR count). The first-order chi connectivity index (χ1) is 6.67. The Morgan fingerprint density at radius 2 is 2.43 bits per heavy atom. The highest BCUT2D eigenvalue weighted by Crippen LogP contribution is 2.01. The highest BCUT2D eigenvalue weighted by Gasteiger charge is 2.13. The highest BCUT2D eigenvalue weighted by atomic mass is 32.2. The van der Waals surface area contributed by atoms with E-state index in [0.717, 1.165) is 0 Å². The molecule has 0 fully saturated rings. The fourth-order valence-electron chi connectivity index (χ4n) is 0.911. The molecule has 0 saturated carbocycles. The van der Waals surface area contributed by atoms with Gasteiger partial charge in [-0.1, -0.05) is 12.2 Å². The summed E-state index contributed by atoms with van der Waals surface area (Å²) in [4.78, 5) is 6.18. The lowest BCUT2D eigenvalue weighted by Crippen LogP contribution is -2.24. The standard InChI is InChI=1S/C8H13N3O2S/c1-2-3-4-5-11-14(12,13)8-6-9-7-10-8/h2-3,6-7,11H,4-5H2,1H3,(H,9,10)/b3-2+. The number of nitrogens with one attached hydrogen (secondary N) is 2. The summed E-state index contributed by atoms with van der Waals surface area (Å²) in [5.41, 5.74) is 0. The molecule has 0 spiro atoms. The average molecular weight is 215 g/mol. The maximum atomic E-state index is 11.4. The molecule has 0 bridgehead atoms. The van der Waals surface area contributed by atoms with Gasteiger partial charge in [-0.15, -0.1) is 0 Å².